The van der Waals surface area contributed by atoms with Gasteiger partial charge < -0.3 is 10.5 Å². The average molecular weight is 356 g/mol. The highest BCUT2D eigenvalue weighted by atomic mass is 32.1. The molecular weight excluding hydrogens is 332 g/mol. The van der Waals surface area contributed by atoms with Gasteiger partial charge in [-0.2, -0.15) is 5.26 Å². The largest absolute Gasteiger partial charge is 0.444 e. The number of rotatable bonds is 4. The molecule has 1 aliphatic carbocycles. The number of thiophene rings is 1. The van der Waals surface area contributed by atoms with E-state index in [1.165, 1.54) is 4.88 Å². The standard InChI is InChI=1S/C20H24N2O2S/c1-4-5-6-12-7-8-16(25-12)17-13(11-21)19(22)24-15-10-20(2,3)9-14(23)18(15)17/h7-8,17H,4-6,9-10,22H2,1-3H3/t17-/m1/s1. The number of carbonyl (C=O) groups excluding carboxylic acids is 1. The van der Waals surface area contributed by atoms with Crippen LogP contribution in [0, 0.1) is 16.7 Å². The molecule has 0 fully saturated rings. The van der Waals surface area contributed by atoms with Crippen LogP contribution in [-0.4, -0.2) is 5.78 Å². The predicted octanol–water partition coefficient (Wildman–Crippen LogP) is 4.54. The second-order valence-corrected chi connectivity index (χ2v) is 8.81. The maximum Gasteiger partial charge on any atom is 0.205 e. The molecule has 0 spiro atoms. The summed E-state index contributed by atoms with van der Waals surface area (Å²) in [6.07, 6.45) is 4.44. The van der Waals surface area contributed by atoms with Crippen molar-refractivity contribution in [2.45, 2.75) is 58.8 Å². The Bertz CT molecular complexity index is 808. The van der Waals surface area contributed by atoms with Crippen LogP contribution in [0.25, 0.3) is 0 Å². The van der Waals surface area contributed by atoms with E-state index in [-0.39, 0.29) is 23.0 Å². The lowest BCUT2D eigenvalue weighted by atomic mass is 9.71. The smallest absolute Gasteiger partial charge is 0.205 e. The number of Topliss-reactive ketones (excluding diaryl/α,β-unsaturated/α-hetero) is 1. The summed E-state index contributed by atoms with van der Waals surface area (Å²) in [5.74, 6) is 0.476. The van der Waals surface area contributed by atoms with Gasteiger partial charge in [0, 0.05) is 28.2 Å². The van der Waals surface area contributed by atoms with Crippen LogP contribution in [0.5, 0.6) is 0 Å². The van der Waals surface area contributed by atoms with E-state index >= 15 is 0 Å². The van der Waals surface area contributed by atoms with E-state index in [4.69, 9.17) is 10.5 Å². The molecule has 0 amide bonds. The number of nitrogens with two attached hydrogens (primary N) is 1. The maximum absolute atomic E-state index is 12.9. The topological polar surface area (TPSA) is 76.1 Å². The van der Waals surface area contributed by atoms with Gasteiger partial charge in [0.1, 0.15) is 17.4 Å². The molecule has 2 N–H and O–H groups in total. The highest BCUT2D eigenvalue weighted by Crippen LogP contribution is 2.49. The third-order valence-electron chi connectivity index (χ3n) is 4.82. The molecular formula is C20H24N2O2S. The van der Waals surface area contributed by atoms with Crippen molar-refractivity contribution < 1.29 is 9.53 Å². The zero-order valence-corrected chi connectivity index (χ0v) is 15.8. The number of carbonyl (C=O) groups is 1. The molecule has 25 heavy (non-hydrogen) atoms. The molecule has 4 nitrogen and oxygen atoms in total. The first-order valence-corrected chi connectivity index (χ1v) is 9.60. The average Bonchev–Trinajstić information content (AvgIpc) is 2.98. The summed E-state index contributed by atoms with van der Waals surface area (Å²) >= 11 is 1.68. The molecule has 132 valence electrons. The van der Waals surface area contributed by atoms with Gasteiger partial charge in [0.25, 0.3) is 0 Å². The zero-order chi connectivity index (χ0) is 18.2. The van der Waals surface area contributed by atoms with Gasteiger partial charge in [-0.05, 0) is 30.4 Å². The number of ketones is 1. The molecule has 0 saturated carbocycles. The van der Waals surface area contributed by atoms with Crippen molar-refractivity contribution in [3.05, 3.63) is 44.7 Å². The lowest BCUT2D eigenvalue weighted by molar-refractivity contribution is -0.119. The summed E-state index contributed by atoms with van der Waals surface area (Å²) in [5.41, 5.74) is 6.88. The molecule has 0 saturated heterocycles. The summed E-state index contributed by atoms with van der Waals surface area (Å²) in [4.78, 5) is 15.2. The summed E-state index contributed by atoms with van der Waals surface area (Å²) < 4.78 is 5.72. The molecule has 2 aliphatic rings. The SMILES string of the molecule is CCCCc1ccc([C@H]2C(C#N)=C(N)OC3=C2C(=O)CC(C)(C)C3)s1. The van der Waals surface area contributed by atoms with Crippen molar-refractivity contribution in [3.8, 4) is 6.07 Å². The molecule has 1 aliphatic heterocycles. The fourth-order valence-electron chi connectivity index (χ4n) is 3.60. The minimum Gasteiger partial charge on any atom is -0.444 e. The molecule has 2 heterocycles. The second kappa shape index (κ2) is 6.68. The molecule has 5 heteroatoms. The van der Waals surface area contributed by atoms with Gasteiger partial charge >= 0.3 is 0 Å². The Balaban J connectivity index is 2.05. The quantitative estimate of drug-likeness (QED) is 0.859. The van der Waals surface area contributed by atoms with E-state index in [0.29, 0.717) is 29.7 Å². The minimum absolute atomic E-state index is 0.0695. The Kier molecular flexibility index (Phi) is 4.75. The Morgan fingerprint density at radius 2 is 2.16 bits per heavy atom. The van der Waals surface area contributed by atoms with Crippen LogP contribution < -0.4 is 5.73 Å². The molecule has 0 radical (unpaired) electrons. The highest BCUT2D eigenvalue weighted by molar-refractivity contribution is 7.12. The Morgan fingerprint density at radius 1 is 1.40 bits per heavy atom. The van der Waals surface area contributed by atoms with Crippen LogP contribution in [-0.2, 0) is 16.0 Å². The van der Waals surface area contributed by atoms with Gasteiger partial charge in [-0.3, -0.25) is 4.79 Å². The van der Waals surface area contributed by atoms with Crippen LogP contribution in [0.2, 0.25) is 0 Å². The molecule has 0 unspecified atom stereocenters. The fraction of sp³-hybridized carbons (Fsp3) is 0.500. The van der Waals surface area contributed by atoms with E-state index in [2.05, 4.69) is 32.9 Å². The number of hydrogen-bond donors (Lipinski definition) is 1. The summed E-state index contributed by atoms with van der Waals surface area (Å²) in [6.45, 7) is 6.28. The minimum atomic E-state index is -0.377. The lowest BCUT2D eigenvalue weighted by Gasteiger charge is -2.36. The molecule has 0 aromatic carbocycles. The third-order valence-corrected chi connectivity index (χ3v) is 6.03. The normalized spacial score (nSPS) is 22.5. The molecule has 3 rings (SSSR count). The number of aryl methyl sites for hydroxylation is 1. The van der Waals surface area contributed by atoms with Crippen LogP contribution in [0.1, 0.15) is 62.1 Å². The number of nitrogens with zero attached hydrogens (tertiary/aromatic N) is 1. The number of ether oxygens (including phenoxy) is 1. The van der Waals surface area contributed by atoms with E-state index < -0.39 is 0 Å². The molecule has 1 aromatic rings. The van der Waals surface area contributed by atoms with Crippen molar-refractivity contribution in [2.24, 2.45) is 11.1 Å². The first-order chi connectivity index (χ1) is 11.9. The van der Waals surface area contributed by atoms with Crippen LogP contribution >= 0.6 is 11.3 Å². The maximum atomic E-state index is 12.9. The first kappa shape index (κ1) is 17.8. The summed E-state index contributed by atoms with van der Waals surface area (Å²) in [7, 11) is 0. The zero-order valence-electron chi connectivity index (χ0n) is 15.0. The number of allylic oxidation sites excluding steroid dienone is 3. The van der Waals surface area contributed by atoms with Gasteiger partial charge in [0.2, 0.25) is 5.88 Å². The number of unbranched alkanes of at least 4 members (excludes halogenated alkanes) is 1. The third kappa shape index (κ3) is 3.36. The van der Waals surface area contributed by atoms with Gasteiger partial charge in [-0.1, -0.05) is 27.2 Å². The first-order valence-electron chi connectivity index (χ1n) is 8.78. The Labute approximate surface area is 153 Å². The van der Waals surface area contributed by atoms with Crippen molar-refractivity contribution in [1.82, 2.24) is 0 Å². The Hall–Kier alpha value is -2.06. The highest BCUT2D eigenvalue weighted by Gasteiger charge is 2.43. The fourth-order valence-corrected chi connectivity index (χ4v) is 4.78. The van der Waals surface area contributed by atoms with Crippen LogP contribution in [0.4, 0.5) is 0 Å². The number of nitriles is 1. The summed E-state index contributed by atoms with van der Waals surface area (Å²) in [5, 5.41) is 9.62. The van der Waals surface area contributed by atoms with E-state index in [0.717, 1.165) is 24.1 Å². The molecule has 0 bridgehead atoms. The Morgan fingerprint density at radius 3 is 2.84 bits per heavy atom. The summed E-state index contributed by atoms with van der Waals surface area (Å²) in [6, 6.07) is 6.32. The molecule has 1 aromatic heterocycles. The van der Waals surface area contributed by atoms with Crippen molar-refractivity contribution in [1.29, 1.82) is 5.26 Å². The van der Waals surface area contributed by atoms with E-state index in [1.807, 2.05) is 6.07 Å². The van der Waals surface area contributed by atoms with Crippen molar-refractivity contribution in [3.63, 3.8) is 0 Å². The van der Waals surface area contributed by atoms with E-state index in [1.54, 1.807) is 11.3 Å². The van der Waals surface area contributed by atoms with Crippen molar-refractivity contribution >= 4 is 17.1 Å². The van der Waals surface area contributed by atoms with Gasteiger partial charge in [-0.25, -0.2) is 0 Å². The second-order valence-electron chi connectivity index (χ2n) is 7.61. The van der Waals surface area contributed by atoms with Crippen LogP contribution in [0.15, 0.2) is 34.9 Å². The number of hydrogen-bond acceptors (Lipinski definition) is 5. The monoisotopic (exact) mass is 356 g/mol. The van der Waals surface area contributed by atoms with E-state index in [9.17, 15) is 10.1 Å². The van der Waals surface area contributed by atoms with Gasteiger partial charge in [0.15, 0.2) is 5.78 Å². The molecule has 1 atom stereocenters. The lowest BCUT2D eigenvalue weighted by Crippen LogP contribution is -2.33. The van der Waals surface area contributed by atoms with Crippen molar-refractivity contribution in [2.75, 3.05) is 0 Å². The van der Waals surface area contributed by atoms with Crippen LogP contribution in [0.3, 0.4) is 0 Å². The van der Waals surface area contributed by atoms with Gasteiger partial charge in [0.05, 0.1) is 5.92 Å². The predicted molar refractivity (Wildman–Crippen MR) is 98.6 cm³/mol. The van der Waals surface area contributed by atoms with Gasteiger partial charge in [-0.15, -0.1) is 11.3 Å².